The van der Waals surface area contributed by atoms with Crippen LogP contribution in [0.1, 0.15) is 55.1 Å². The molecule has 0 aromatic carbocycles. The van der Waals surface area contributed by atoms with E-state index in [0.29, 0.717) is 29.3 Å². The molecule has 0 bridgehead atoms. The second kappa shape index (κ2) is 6.03. The van der Waals surface area contributed by atoms with E-state index in [1.54, 1.807) is 13.0 Å². The second-order valence-corrected chi connectivity index (χ2v) is 5.87. The first-order chi connectivity index (χ1) is 11.5. The molecule has 0 spiro atoms. The lowest BCUT2D eigenvalue weighted by molar-refractivity contribution is 0.0881. The summed E-state index contributed by atoms with van der Waals surface area (Å²) in [5, 5.41) is 15.1. The number of hydrogen-bond donors (Lipinski definition) is 1. The van der Waals surface area contributed by atoms with Crippen molar-refractivity contribution in [3.8, 4) is 0 Å². The standard InChI is InChI=1S/C16H20N6O2/c1-5-12-19-20-13-11(8-7-9-22(12)13)14(23)18-16(4,6-2)15-17-10(3)21-24-15/h7-9H,5-6H2,1-4H3,(H,18,23). The molecular weight excluding hydrogens is 308 g/mol. The van der Waals surface area contributed by atoms with E-state index < -0.39 is 5.54 Å². The van der Waals surface area contributed by atoms with Crippen molar-refractivity contribution in [2.75, 3.05) is 0 Å². The highest BCUT2D eigenvalue weighted by molar-refractivity contribution is 6.00. The van der Waals surface area contributed by atoms with Gasteiger partial charge < -0.3 is 9.84 Å². The van der Waals surface area contributed by atoms with E-state index in [2.05, 4.69) is 25.7 Å². The Labute approximate surface area is 139 Å². The number of nitrogens with zero attached hydrogens (tertiary/aromatic N) is 5. The zero-order chi connectivity index (χ0) is 17.3. The zero-order valence-corrected chi connectivity index (χ0v) is 14.2. The molecule has 0 aliphatic heterocycles. The molecule has 1 atom stereocenters. The lowest BCUT2D eigenvalue weighted by atomic mass is 9.98. The average molecular weight is 328 g/mol. The van der Waals surface area contributed by atoms with E-state index >= 15 is 0 Å². The number of carbonyl (C=O) groups is 1. The lowest BCUT2D eigenvalue weighted by Crippen LogP contribution is -2.43. The van der Waals surface area contributed by atoms with E-state index in [1.165, 1.54) is 0 Å². The molecule has 0 aliphatic carbocycles. The third-order valence-corrected chi connectivity index (χ3v) is 4.16. The van der Waals surface area contributed by atoms with Crippen LogP contribution in [0.25, 0.3) is 5.65 Å². The first kappa shape index (κ1) is 16.1. The summed E-state index contributed by atoms with van der Waals surface area (Å²) >= 11 is 0. The van der Waals surface area contributed by atoms with Crippen molar-refractivity contribution in [2.24, 2.45) is 0 Å². The highest BCUT2D eigenvalue weighted by atomic mass is 16.5. The van der Waals surface area contributed by atoms with Crippen molar-refractivity contribution in [1.82, 2.24) is 30.1 Å². The smallest absolute Gasteiger partial charge is 0.255 e. The van der Waals surface area contributed by atoms with Gasteiger partial charge in [-0.05, 0) is 32.4 Å². The van der Waals surface area contributed by atoms with E-state index in [4.69, 9.17) is 4.52 Å². The van der Waals surface area contributed by atoms with Gasteiger partial charge in [-0.25, -0.2) is 0 Å². The fraction of sp³-hybridized carbons (Fsp3) is 0.438. The van der Waals surface area contributed by atoms with Gasteiger partial charge in [-0.15, -0.1) is 10.2 Å². The Morgan fingerprint density at radius 2 is 2.17 bits per heavy atom. The van der Waals surface area contributed by atoms with Gasteiger partial charge in [0.15, 0.2) is 11.5 Å². The Hall–Kier alpha value is -2.77. The topological polar surface area (TPSA) is 98.2 Å². The lowest BCUT2D eigenvalue weighted by Gasteiger charge is -2.25. The highest BCUT2D eigenvalue weighted by Crippen LogP contribution is 2.24. The molecule has 3 aromatic heterocycles. The summed E-state index contributed by atoms with van der Waals surface area (Å²) in [6.07, 6.45) is 3.20. The molecule has 0 saturated heterocycles. The molecular formula is C16H20N6O2. The molecule has 126 valence electrons. The van der Waals surface area contributed by atoms with Crippen LogP contribution in [-0.4, -0.2) is 30.6 Å². The van der Waals surface area contributed by atoms with Crippen LogP contribution in [0.15, 0.2) is 22.9 Å². The number of rotatable bonds is 5. The first-order valence-electron chi connectivity index (χ1n) is 7.94. The SMILES string of the molecule is CCc1nnc2c(C(=O)NC(C)(CC)c3nc(C)no3)cccn12. The fourth-order valence-electron chi connectivity index (χ4n) is 2.51. The van der Waals surface area contributed by atoms with Crippen LogP contribution in [-0.2, 0) is 12.0 Å². The molecule has 3 aromatic rings. The van der Waals surface area contributed by atoms with E-state index in [1.807, 2.05) is 37.4 Å². The Kier molecular flexibility index (Phi) is 4.04. The maximum atomic E-state index is 12.8. The molecule has 1 N–H and O–H groups in total. The number of aryl methyl sites for hydroxylation is 2. The van der Waals surface area contributed by atoms with Gasteiger partial charge >= 0.3 is 0 Å². The van der Waals surface area contributed by atoms with Crippen LogP contribution in [0.2, 0.25) is 0 Å². The van der Waals surface area contributed by atoms with Gasteiger partial charge in [-0.2, -0.15) is 4.98 Å². The summed E-state index contributed by atoms with van der Waals surface area (Å²) in [4.78, 5) is 17.1. The summed E-state index contributed by atoms with van der Waals surface area (Å²) in [6.45, 7) is 7.55. The molecule has 1 amide bonds. The predicted octanol–water partition coefficient (Wildman–Crippen LogP) is 2.04. The predicted molar refractivity (Wildman–Crippen MR) is 86.5 cm³/mol. The van der Waals surface area contributed by atoms with Crippen molar-refractivity contribution in [3.05, 3.63) is 41.4 Å². The summed E-state index contributed by atoms with van der Waals surface area (Å²) in [5.41, 5.74) is 0.242. The molecule has 3 rings (SSSR count). The van der Waals surface area contributed by atoms with Crippen molar-refractivity contribution in [1.29, 1.82) is 0 Å². The van der Waals surface area contributed by atoms with Crippen molar-refractivity contribution < 1.29 is 9.32 Å². The quantitative estimate of drug-likeness (QED) is 0.769. The van der Waals surface area contributed by atoms with Crippen LogP contribution in [0.4, 0.5) is 0 Å². The van der Waals surface area contributed by atoms with Crippen LogP contribution in [0.5, 0.6) is 0 Å². The third kappa shape index (κ3) is 2.64. The van der Waals surface area contributed by atoms with E-state index in [9.17, 15) is 4.79 Å². The molecule has 1 unspecified atom stereocenters. The second-order valence-electron chi connectivity index (χ2n) is 5.87. The molecule has 24 heavy (non-hydrogen) atoms. The number of carbonyl (C=O) groups excluding carboxylic acids is 1. The minimum absolute atomic E-state index is 0.254. The van der Waals surface area contributed by atoms with Gasteiger partial charge in [0.2, 0.25) is 0 Å². The number of fused-ring (bicyclic) bond motifs is 1. The number of amides is 1. The number of nitrogens with one attached hydrogen (secondary N) is 1. The van der Waals surface area contributed by atoms with Gasteiger partial charge in [0.1, 0.15) is 11.4 Å². The van der Waals surface area contributed by atoms with Gasteiger partial charge in [0.05, 0.1) is 5.56 Å². The monoisotopic (exact) mass is 328 g/mol. The molecule has 0 fully saturated rings. The van der Waals surface area contributed by atoms with Crippen molar-refractivity contribution in [3.63, 3.8) is 0 Å². The van der Waals surface area contributed by atoms with Crippen LogP contribution in [0, 0.1) is 6.92 Å². The van der Waals surface area contributed by atoms with Crippen molar-refractivity contribution in [2.45, 2.75) is 46.1 Å². The Bertz CT molecular complexity index is 884. The molecule has 0 radical (unpaired) electrons. The maximum absolute atomic E-state index is 12.8. The van der Waals surface area contributed by atoms with Gasteiger partial charge in [-0.1, -0.05) is 19.0 Å². The summed E-state index contributed by atoms with van der Waals surface area (Å²) in [6, 6.07) is 3.54. The first-order valence-corrected chi connectivity index (χ1v) is 7.94. The zero-order valence-electron chi connectivity index (χ0n) is 14.2. The average Bonchev–Trinajstić information content (AvgIpc) is 3.20. The molecule has 0 aliphatic rings. The normalized spacial score (nSPS) is 13.8. The third-order valence-electron chi connectivity index (χ3n) is 4.16. The van der Waals surface area contributed by atoms with Gasteiger partial charge in [0.25, 0.3) is 11.8 Å². The largest absolute Gasteiger partial charge is 0.338 e. The van der Waals surface area contributed by atoms with Crippen LogP contribution in [0.3, 0.4) is 0 Å². The van der Waals surface area contributed by atoms with E-state index in [0.717, 1.165) is 12.2 Å². The number of pyridine rings is 1. The molecule has 8 nitrogen and oxygen atoms in total. The molecule has 0 saturated carbocycles. The number of aromatic nitrogens is 5. The minimum atomic E-state index is -0.751. The highest BCUT2D eigenvalue weighted by Gasteiger charge is 2.33. The Morgan fingerprint density at radius 1 is 1.38 bits per heavy atom. The fourth-order valence-corrected chi connectivity index (χ4v) is 2.51. The van der Waals surface area contributed by atoms with Gasteiger partial charge in [-0.3, -0.25) is 9.20 Å². The number of hydrogen-bond acceptors (Lipinski definition) is 6. The van der Waals surface area contributed by atoms with Crippen LogP contribution >= 0.6 is 0 Å². The Balaban J connectivity index is 1.96. The van der Waals surface area contributed by atoms with Crippen LogP contribution < -0.4 is 5.32 Å². The summed E-state index contributed by atoms with van der Waals surface area (Å²) in [5.74, 6) is 1.48. The van der Waals surface area contributed by atoms with E-state index in [-0.39, 0.29) is 5.91 Å². The molecule has 8 heteroatoms. The molecule has 3 heterocycles. The van der Waals surface area contributed by atoms with Gasteiger partial charge in [0, 0.05) is 12.6 Å². The maximum Gasteiger partial charge on any atom is 0.255 e. The minimum Gasteiger partial charge on any atom is -0.338 e. The Morgan fingerprint density at radius 3 is 2.79 bits per heavy atom. The summed E-state index contributed by atoms with van der Waals surface area (Å²) < 4.78 is 7.09. The summed E-state index contributed by atoms with van der Waals surface area (Å²) in [7, 11) is 0. The van der Waals surface area contributed by atoms with Crippen molar-refractivity contribution >= 4 is 11.6 Å².